The molecule has 0 unspecified atom stereocenters. The molecule has 1 aliphatic heterocycles. The Kier molecular flexibility index (Phi) is 7.84. The lowest BCUT2D eigenvalue weighted by atomic mass is 10.0. The highest BCUT2D eigenvalue weighted by Gasteiger charge is 2.19. The molecule has 1 saturated heterocycles. The van der Waals surface area contributed by atoms with Crippen molar-refractivity contribution in [1.82, 2.24) is 15.5 Å². The number of hydrogen-bond acceptors (Lipinski definition) is 3. The van der Waals surface area contributed by atoms with Crippen LogP contribution in [0.5, 0.6) is 5.75 Å². The van der Waals surface area contributed by atoms with E-state index in [1.807, 2.05) is 0 Å². The van der Waals surface area contributed by atoms with Gasteiger partial charge in [-0.3, -0.25) is 9.89 Å². The van der Waals surface area contributed by atoms with Gasteiger partial charge in [0.15, 0.2) is 17.6 Å². The first kappa shape index (κ1) is 20.2. The van der Waals surface area contributed by atoms with E-state index in [1.165, 1.54) is 11.6 Å². The number of piperidine rings is 1. The zero-order valence-corrected chi connectivity index (χ0v) is 15.5. The Hall–Kier alpha value is -2.15. The molecule has 0 saturated carbocycles. The number of nitrogens with one attached hydrogen (secondary N) is 2. The van der Waals surface area contributed by atoms with Crippen molar-refractivity contribution in [2.24, 2.45) is 4.99 Å². The molecule has 144 valence electrons. The van der Waals surface area contributed by atoms with Crippen LogP contribution >= 0.6 is 0 Å². The topological polar surface area (TPSA) is 48.9 Å². The van der Waals surface area contributed by atoms with Crippen LogP contribution in [0.1, 0.15) is 19.8 Å². The minimum Gasteiger partial charge on any atom is -0.492 e. The summed E-state index contributed by atoms with van der Waals surface area (Å²) < 4.78 is 31.4. The molecule has 0 aromatic heterocycles. The normalized spacial score (nSPS) is 16.4. The van der Waals surface area contributed by atoms with Gasteiger partial charge in [-0.1, -0.05) is 12.2 Å². The first-order valence-electron chi connectivity index (χ1n) is 8.89. The van der Waals surface area contributed by atoms with Crippen LogP contribution < -0.4 is 15.4 Å². The number of ether oxygens (including phenoxy) is 1. The first-order chi connectivity index (χ1) is 12.5. The molecule has 0 radical (unpaired) electrons. The third-order valence-electron chi connectivity index (χ3n) is 4.20. The molecule has 2 N–H and O–H groups in total. The maximum absolute atomic E-state index is 13.1. The van der Waals surface area contributed by atoms with Gasteiger partial charge in [0.05, 0.1) is 6.54 Å². The van der Waals surface area contributed by atoms with Crippen LogP contribution in [0.15, 0.2) is 35.3 Å². The van der Waals surface area contributed by atoms with Crippen LogP contribution in [0.4, 0.5) is 8.78 Å². The van der Waals surface area contributed by atoms with Crippen molar-refractivity contribution in [3.63, 3.8) is 0 Å². The molecule has 1 heterocycles. The van der Waals surface area contributed by atoms with Crippen LogP contribution in [0.2, 0.25) is 0 Å². The second kappa shape index (κ2) is 10.1. The number of likely N-dealkylation sites (tertiary alicyclic amines) is 1. The summed E-state index contributed by atoms with van der Waals surface area (Å²) in [7, 11) is 1.72. The van der Waals surface area contributed by atoms with E-state index in [2.05, 4.69) is 34.0 Å². The van der Waals surface area contributed by atoms with Crippen LogP contribution in [0.25, 0.3) is 0 Å². The second-order valence-corrected chi connectivity index (χ2v) is 6.58. The largest absolute Gasteiger partial charge is 0.492 e. The fourth-order valence-electron chi connectivity index (χ4n) is 2.91. The van der Waals surface area contributed by atoms with E-state index >= 15 is 0 Å². The Bertz CT molecular complexity index is 628. The molecule has 1 aromatic rings. The Labute approximate surface area is 154 Å². The standard InChI is InChI=1S/C19H28F2N4O/c1-14(2)13-25-9-6-15(7-10-25)24-19(22-3)23-8-11-26-16-4-5-17(20)18(21)12-16/h4-5,12,15H,1,6-11,13H2,2-3H3,(H2,22,23,24). The van der Waals surface area contributed by atoms with E-state index in [1.54, 1.807) is 7.05 Å². The highest BCUT2D eigenvalue weighted by molar-refractivity contribution is 5.79. The predicted octanol–water partition coefficient (Wildman–Crippen LogP) is 2.55. The number of rotatable bonds is 7. The Morgan fingerprint density at radius 1 is 1.31 bits per heavy atom. The molecule has 2 rings (SSSR count). The Morgan fingerprint density at radius 3 is 2.65 bits per heavy atom. The van der Waals surface area contributed by atoms with Gasteiger partial charge in [0, 0.05) is 38.8 Å². The third-order valence-corrected chi connectivity index (χ3v) is 4.20. The van der Waals surface area contributed by atoms with E-state index in [0.29, 0.717) is 24.9 Å². The summed E-state index contributed by atoms with van der Waals surface area (Å²) in [5, 5.41) is 6.59. The average molecular weight is 366 g/mol. The van der Waals surface area contributed by atoms with Crippen molar-refractivity contribution >= 4 is 5.96 Å². The number of hydrogen-bond donors (Lipinski definition) is 2. The van der Waals surface area contributed by atoms with Gasteiger partial charge < -0.3 is 15.4 Å². The maximum atomic E-state index is 13.1. The van der Waals surface area contributed by atoms with E-state index in [0.717, 1.165) is 50.6 Å². The summed E-state index contributed by atoms with van der Waals surface area (Å²) in [4.78, 5) is 6.63. The van der Waals surface area contributed by atoms with Crippen molar-refractivity contribution in [2.45, 2.75) is 25.8 Å². The number of benzene rings is 1. The summed E-state index contributed by atoms with van der Waals surface area (Å²) in [6.45, 7) is 9.89. The SMILES string of the molecule is C=C(C)CN1CCC(NC(=NC)NCCOc2ccc(F)c(F)c2)CC1. The molecule has 0 amide bonds. The van der Waals surface area contributed by atoms with Crippen molar-refractivity contribution < 1.29 is 13.5 Å². The number of guanidine groups is 1. The van der Waals surface area contributed by atoms with Crippen molar-refractivity contribution in [3.8, 4) is 5.75 Å². The summed E-state index contributed by atoms with van der Waals surface area (Å²) in [5.41, 5.74) is 1.19. The monoisotopic (exact) mass is 366 g/mol. The summed E-state index contributed by atoms with van der Waals surface area (Å²) in [5.74, 6) is -0.768. The molecular formula is C19H28F2N4O. The third kappa shape index (κ3) is 6.63. The van der Waals surface area contributed by atoms with Crippen LogP contribution in [0.3, 0.4) is 0 Å². The van der Waals surface area contributed by atoms with Gasteiger partial charge >= 0.3 is 0 Å². The minimum absolute atomic E-state index is 0.304. The van der Waals surface area contributed by atoms with Crippen LogP contribution in [0, 0.1) is 11.6 Å². The molecule has 0 atom stereocenters. The van der Waals surface area contributed by atoms with Crippen molar-refractivity contribution in [1.29, 1.82) is 0 Å². The fraction of sp³-hybridized carbons (Fsp3) is 0.526. The number of halogens is 2. The zero-order valence-electron chi connectivity index (χ0n) is 15.5. The molecule has 7 heteroatoms. The molecule has 0 bridgehead atoms. The smallest absolute Gasteiger partial charge is 0.191 e. The number of nitrogens with zero attached hydrogens (tertiary/aromatic N) is 2. The van der Waals surface area contributed by atoms with E-state index in [4.69, 9.17) is 4.74 Å². The number of aliphatic imine (C=N–C) groups is 1. The lowest BCUT2D eigenvalue weighted by Gasteiger charge is -2.33. The van der Waals surface area contributed by atoms with Crippen molar-refractivity contribution in [3.05, 3.63) is 42.0 Å². The zero-order chi connectivity index (χ0) is 18.9. The summed E-state index contributed by atoms with van der Waals surface area (Å²) in [6.07, 6.45) is 2.11. The molecule has 1 aliphatic rings. The van der Waals surface area contributed by atoms with E-state index in [-0.39, 0.29) is 0 Å². The van der Waals surface area contributed by atoms with Gasteiger partial charge in [0.25, 0.3) is 0 Å². The van der Waals surface area contributed by atoms with Gasteiger partial charge in [-0.2, -0.15) is 0 Å². The fourth-order valence-corrected chi connectivity index (χ4v) is 2.91. The summed E-state index contributed by atoms with van der Waals surface area (Å²) in [6, 6.07) is 3.89. The van der Waals surface area contributed by atoms with Gasteiger partial charge in [-0.05, 0) is 31.9 Å². The minimum atomic E-state index is -0.911. The van der Waals surface area contributed by atoms with Gasteiger partial charge in [0.2, 0.25) is 0 Å². The molecule has 26 heavy (non-hydrogen) atoms. The molecule has 5 nitrogen and oxygen atoms in total. The maximum Gasteiger partial charge on any atom is 0.191 e. The first-order valence-corrected chi connectivity index (χ1v) is 8.89. The molecule has 0 aliphatic carbocycles. The van der Waals surface area contributed by atoms with Crippen molar-refractivity contribution in [2.75, 3.05) is 39.8 Å². The highest BCUT2D eigenvalue weighted by atomic mass is 19.2. The second-order valence-electron chi connectivity index (χ2n) is 6.58. The van der Waals surface area contributed by atoms with Crippen LogP contribution in [-0.4, -0.2) is 56.7 Å². The van der Waals surface area contributed by atoms with E-state index in [9.17, 15) is 8.78 Å². The Morgan fingerprint density at radius 2 is 2.04 bits per heavy atom. The van der Waals surface area contributed by atoms with Gasteiger partial charge in [0.1, 0.15) is 12.4 Å². The lowest BCUT2D eigenvalue weighted by Crippen LogP contribution is -2.49. The van der Waals surface area contributed by atoms with E-state index < -0.39 is 11.6 Å². The molecule has 1 fully saturated rings. The molecule has 0 spiro atoms. The quantitative estimate of drug-likeness (QED) is 0.337. The summed E-state index contributed by atoms with van der Waals surface area (Å²) >= 11 is 0. The highest BCUT2D eigenvalue weighted by Crippen LogP contribution is 2.15. The molecule has 1 aromatic carbocycles. The van der Waals surface area contributed by atoms with Crippen LogP contribution in [-0.2, 0) is 0 Å². The van der Waals surface area contributed by atoms with Gasteiger partial charge in [-0.25, -0.2) is 8.78 Å². The average Bonchev–Trinajstić information content (AvgIpc) is 2.61. The Balaban J connectivity index is 1.66. The lowest BCUT2D eigenvalue weighted by molar-refractivity contribution is 0.221. The van der Waals surface area contributed by atoms with Gasteiger partial charge in [-0.15, -0.1) is 0 Å². The molecular weight excluding hydrogens is 338 g/mol. The predicted molar refractivity (Wildman–Crippen MR) is 101 cm³/mol.